The number of aromatic nitrogens is 3. The van der Waals surface area contributed by atoms with Crippen LogP contribution in [0.25, 0.3) is 10.8 Å². The number of fused-ring (bicyclic) bond motifs is 1. The molecule has 0 aliphatic heterocycles. The highest BCUT2D eigenvalue weighted by Gasteiger charge is 2.09. The second kappa shape index (κ2) is 6.31. The van der Waals surface area contributed by atoms with Gasteiger partial charge in [-0.3, -0.25) is 4.98 Å². The topological polar surface area (TPSA) is 50.7 Å². The number of hydrogen-bond acceptors (Lipinski definition) is 4. The molecule has 0 radical (unpaired) electrons. The van der Waals surface area contributed by atoms with Crippen LogP contribution in [0.2, 0.25) is 0 Å². The van der Waals surface area contributed by atoms with Gasteiger partial charge in [0.25, 0.3) is 0 Å². The Morgan fingerprint density at radius 1 is 0.952 bits per heavy atom. The van der Waals surface area contributed by atoms with Gasteiger partial charge in [0.15, 0.2) is 5.82 Å². The first-order chi connectivity index (χ1) is 10.4. The Hall–Kier alpha value is -2.49. The first-order valence-corrected chi connectivity index (χ1v) is 7.25. The van der Waals surface area contributed by atoms with Gasteiger partial charge in [-0.2, -0.15) is 5.10 Å². The average Bonchev–Trinajstić information content (AvgIpc) is 2.55. The number of pyridine rings is 1. The van der Waals surface area contributed by atoms with Crippen molar-refractivity contribution in [3.8, 4) is 0 Å². The third-order valence-corrected chi connectivity index (χ3v) is 3.43. The highest BCUT2D eigenvalue weighted by atomic mass is 15.2. The van der Waals surface area contributed by atoms with Gasteiger partial charge in [0.05, 0.1) is 5.69 Å². The van der Waals surface area contributed by atoms with Crippen molar-refractivity contribution in [2.75, 3.05) is 11.9 Å². The van der Waals surface area contributed by atoms with Crippen LogP contribution in [0, 0.1) is 0 Å². The summed E-state index contributed by atoms with van der Waals surface area (Å²) in [6.07, 6.45) is 5.45. The van der Waals surface area contributed by atoms with Gasteiger partial charge in [0.1, 0.15) is 0 Å². The predicted molar refractivity (Wildman–Crippen MR) is 85.4 cm³/mol. The smallest absolute Gasteiger partial charge is 0.156 e. The van der Waals surface area contributed by atoms with Crippen molar-refractivity contribution in [2.45, 2.75) is 19.8 Å². The van der Waals surface area contributed by atoms with Crippen LogP contribution in [0.5, 0.6) is 0 Å². The molecule has 2 aromatic heterocycles. The normalized spacial score (nSPS) is 10.7. The standard InChI is InChI=1S/C17H18N4/c1-2-9-19-17-15-6-4-3-5-14(15)16(20-21-17)12-13-7-10-18-11-8-13/h3-8,10-11H,2,9,12H2,1H3,(H,19,21). The number of nitrogens with one attached hydrogen (secondary N) is 1. The highest BCUT2D eigenvalue weighted by molar-refractivity contribution is 5.93. The molecule has 0 aliphatic rings. The van der Waals surface area contributed by atoms with E-state index in [0.717, 1.165) is 41.7 Å². The fraction of sp³-hybridized carbons (Fsp3) is 0.235. The van der Waals surface area contributed by atoms with E-state index < -0.39 is 0 Å². The summed E-state index contributed by atoms with van der Waals surface area (Å²) in [5.74, 6) is 0.867. The summed E-state index contributed by atoms with van der Waals surface area (Å²) in [5, 5.41) is 14.4. The molecule has 0 amide bonds. The van der Waals surface area contributed by atoms with Crippen LogP contribution in [-0.4, -0.2) is 21.7 Å². The Morgan fingerprint density at radius 2 is 1.71 bits per heavy atom. The van der Waals surface area contributed by atoms with Gasteiger partial charge in [-0.05, 0) is 24.1 Å². The number of nitrogens with zero attached hydrogens (tertiary/aromatic N) is 3. The lowest BCUT2D eigenvalue weighted by molar-refractivity contribution is 0.924. The molecule has 0 aliphatic carbocycles. The SMILES string of the molecule is CCCNc1nnc(Cc2ccncc2)c2ccccc12. The van der Waals surface area contributed by atoms with E-state index in [-0.39, 0.29) is 0 Å². The van der Waals surface area contributed by atoms with E-state index >= 15 is 0 Å². The monoisotopic (exact) mass is 278 g/mol. The number of benzene rings is 1. The molecule has 0 spiro atoms. The second-order valence-electron chi connectivity index (χ2n) is 5.00. The van der Waals surface area contributed by atoms with Crippen LogP contribution in [-0.2, 0) is 6.42 Å². The summed E-state index contributed by atoms with van der Waals surface area (Å²) in [6, 6.07) is 12.3. The van der Waals surface area contributed by atoms with E-state index in [1.807, 2.05) is 36.7 Å². The third-order valence-electron chi connectivity index (χ3n) is 3.43. The van der Waals surface area contributed by atoms with Crippen LogP contribution in [0.4, 0.5) is 5.82 Å². The molecule has 2 heterocycles. The summed E-state index contributed by atoms with van der Waals surface area (Å²) in [5.41, 5.74) is 2.19. The van der Waals surface area contributed by atoms with Gasteiger partial charge in [0, 0.05) is 36.1 Å². The van der Waals surface area contributed by atoms with Crippen LogP contribution < -0.4 is 5.32 Å². The minimum Gasteiger partial charge on any atom is -0.368 e. The van der Waals surface area contributed by atoms with E-state index in [1.165, 1.54) is 5.56 Å². The molecule has 1 N–H and O–H groups in total. The van der Waals surface area contributed by atoms with Gasteiger partial charge in [0.2, 0.25) is 0 Å². The van der Waals surface area contributed by atoms with Gasteiger partial charge >= 0.3 is 0 Å². The Balaban J connectivity index is 2.00. The van der Waals surface area contributed by atoms with Gasteiger partial charge in [-0.15, -0.1) is 5.10 Å². The lowest BCUT2D eigenvalue weighted by Crippen LogP contribution is -2.06. The Morgan fingerprint density at radius 3 is 2.48 bits per heavy atom. The van der Waals surface area contributed by atoms with Gasteiger partial charge in [-0.1, -0.05) is 31.2 Å². The number of hydrogen-bond donors (Lipinski definition) is 1. The van der Waals surface area contributed by atoms with Crippen molar-refractivity contribution in [3.05, 3.63) is 60.0 Å². The first-order valence-electron chi connectivity index (χ1n) is 7.25. The van der Waals surface area contributed by atoms with E-state index in [4.69, 9.17) is 0 Å². The summed E-state index contributed by atoms with van der Waals surface area (Å²) < 4.78 is 0. The molecule has 0 saturated heterocycles. The van der Waals surface area contributed by atoms with E-state index in [1.54, 1.807) is 0 Å². The largest absolute Gasteiger partial charge is 0.368 e. The third kappa shape index (κ3) is 2.99. The predicted octanol–water partition coefficient (Wildman–Crippen LogP) is 3.44. The molecule has 21 heavy (non-hydrogen) atoms. The zero-order chi connectivity index (χ0) is 14.5. The van der Waals surface area contributed by atoms with Crippen LogP contribution in [0.15, 0.2) is 48.8 Å². The summed E-state index contributed by atoms with van der Waals surface area (Å²) >= 11 is 0. The highest BCUT2D eigenvalue weighted by Crippen LogP contribution is 2.24. The van der Waals surface area contributed by atoms with Crippen molar-refractivity contribution < 1.29 is 0 Å². The maximum absolute atomic E-state index is 4.42. The van der Waals surface area contributed by atoms with E-state index in [0.29, 0.717) is 0 Å². The lowest BCUT2D eigenvalue weighted by Gasteiger charge is -2.10. The van der Waals surface area contributed by atoms with Crippen molar-refractivity contribution >= 4 is 16.6 Å². The molecular formula is C17H18N4. The fourth-order valence-corrected chi connectivity index (χ4v) is 2.36. The zero-order valence-corrected chi connectivity index (χ0v) is 12.1. The Bertz CT molecular complexity index is 725. The van der Waals surface area contributed by atoms with Crippen molar-refractivity contribution in [1.29, 1.82) is 0 Å². The average molecular weight is 278 g/mol. The molecule has 0 fully saturated rings. The second-order valence-corrected chi connectivity index (χ2v) is 5.00. The maximum Gasteiger partial charge on any atom is 0.156 e. The van der Waals surface area contributed by atoms with E-state index in [9.17, 15) is 0 Å². The molecule has 3 aromatic rings. The van der Waals surface area contributed by atoms with Crippen molar-refractivity contribution in [3.63, 3.8) is 0 Å². The molecule has 0 unspecified atom stereocenters. The number of anilines is 1. The first kappa shape index (κ1) is 13.5. The van der Waals surface area contributed by atoms with Gasteiger partial charge in [-0.25, -0.2) is 0 Å². The number of rotatable bonds is 5. The van der Waals surface area contributed by atoms with E-state index in [2.05, 4.69) is 39.6 Å². The molecule has 4 heteroatoms. The molecule has 0 bridgehead atoms. The molecule has 4 nitrogen and oxygen atoms in total. The quantitative estimate of drug-likeness (QED) is 0.776. The van der Waals surface area contributed by atoms with Crippen LogP contribution in [0.3, 0.4) is 0 Å². The molecule has 106 valence electrons. The van der Waals surface area contributed by atoms with Crippen LogP contribution >= 0.6 is 0 Å². The summed E-state index contributed by atoms with van der Waals surface area (Å²) in [7, 11) is 0. The minimum atomic E-state index is 0.768. The molecule has 0 saturated carbocycles. The van der Waals surface area contributed by atoms with Crippen molar-refractivity contribution in [1.82, 2.24) is 15.2 Å². The van der Waals surface area contributed by atoms with Crippen molar-refractivity contribution in [2.24, 2.45) is 0 Å². The summed E-state index contributed by atoms with van der Waals surface area (Å²) in [4.78, 5) is 4.05. The Kier molecular flexibility index (Phi) is 4.05. The molecule has 1 aromatic carbocycles. The molecule has 0 atom stereocenters. The minimum absolute atomic E-state index is 0.768. The zero-order valence-electron chi connectivity index (χ0n) is 12.1. The van der Waals surface area contributed by atoms with Gasteiger partial charge < -0.3 is 5.32 Å². The lowest BCUT2D eigenvalue weighted by atomic mass is 10.1. The van der Waals surface area contributed by atoms with Crippen LogP contribution in [0.1, 0.15) is 24.6 Å². The molecular weight excluding hydrogens is 260 g/mol. The Labute approximate surface area is 124 Å². The maximum atomic E-state index is 4.42. The fourth-order valence-electron chi connectivity index (χ4n) is 2.36. The molecule has 3 rings (SSSR count). The summed E-state index contributed by atoms with van der Waals surface area (Å²) in [6.45, 7) is 3.04.